The molecule has 7 heteroatoms. The van der Waals surface area contributed by atoms with Gasteiger partial charge in [-0.3, -0.25) is 4.79 Å². The van der Waals surface area contributed by atoms with E-state index in [0.717, 1.165) is 31.6 Å². The molecule has 1 amide bonds. The van der Waals surface area contributed by atoms with E-state index >= 15 is 0 Å². The third-order valence-electron chi connectivity index (χ3n) is 4.07. The van der Waals surface area contributed by atoms with Crippen molar-refractivity contribution in [1.82, 2.24) is 9.97 Å². The van der Waals surface area contributed by atoms with Crippen LogP contribution in [-0.2, 0) is 0 Å². The molecule has 1 N–H and O–H groups in total. The zero-order chi connectivity index (χ0) is 17.1. The second kappa shape index (κ2) is 6.90. The maximum atomic E-state index is 13.6. The van der Waals surface area contributed by atoms with Crippen molar-refractivity contribution in [3.05, 3.63) is 47.9 Å². The molecule has 0 saturated carbocycles. The third kappa shape index (κ3) is 3.50. The van der Waals surface area contributed by atoms with E-state index in [1.807, 2.05) is 0 Å². The van der Waals surface area contributed by atoms with Gasteiger partial charge in [-0.2, -0.15) is 0 Å². The summed E-state index contributed by atoms with van der Waals surface area (Å²) in [4.78, 5) is 22.5. The van der Waals surface area contributed by atoms with E-state index in [4.69, 9.17) is 0 Å². The van der Waals surface area contributed by atoms with Gasteiger partial charge < -0.3 is 10.2 Å². The second-order valence-corrected chi connectivity index (χ2v) is 6.01. The van der Waals surface area contributed by atoms with Crippen LogP contribution in [0.2, 0.25) is 0 Å². The van der Waals surface area contributed by atoms with Crippen LogP contribution in [0.25, 0.3) is 0 Å². The minimum atomic E-state index is -0.831. The molecule has 0 radical (unpaired) electrons. The topological polar surface area (TPSA) is 58.1 Å². The summed E-state index contributed by atoms with van der Waals surface area (Å²) in [6, 6.07) is 4.95. The van der Waals surface area contributed by atoms with Gasteiger partial charge in [-0.15, -0.1) is 0 Å². The molecule has 126 valence electrons. The molecule has 0 spiro atoms. The Morgan fingerprint density at radius 1 is 1.29 bits per heavy atom. The Kier molecular flexibility index (Phi) is 4.69. The number of aromatic nitrogens is 2. The number of nitrogens with zero attached hydrogens (tertiary/aromatic N) is 3. The molecule has 1 aliphatic rings. The first kappa shape index (κ1) is 16.3. The number of amides is 1. The van der Waals surface area contributed by atoms with Crippen LogP contribution in [0.4, 0.5) is 20.3 Å². The number of halogens is 2. The van der Waals surface area contributed by atoms with Gasteiger partial charge in [-0.1, -0.05) is 13.0 Å². The highest BCUT2D eigenvalue weighted by molar-refractivity contribution is 6.03. The first-order valence-corrected chi connectivity index (χ1v) is 7.87. The number of nitrogens with one attached hydrogen (secondary N) is 1. The Bertz CT molecular complexity index is 733. The van der Waals surface area contributed by atoms with Gasteiger partial charge in [0.15, 0.2) is 0 Å². The van der Waals surface area contributed by atoms with Crippen LogP contribution in [0.15, 0.2) is 30.6 Å². The lowest BCUT2D eigenvalue weighted by molar-refractivity contribution is 0.102. The Hall–Kier alpha value is -2.57. The van der Waals surface area contributed by atoms with Crippen molar-refractivity contribution in [2.24, 2.45) is 5.92 Å². The Morgan fingerprint density at radius 3 is 2.75 bits per heavy atom. The van der Waals surface area contributed by atoms with Gasteiger partial charge in [-0.05, 0) is 30.9 Å². The van der Waals surface area contributed by atoms with Crippen molar-refractivity contribution in [1.29, 1.82) is 0 Å². The lowest BCUT2D eigenvalue weighted by Crippen LogP contribution is -2.35. The largest absolute Gasteiger partial charge is 0.356 e. The van der Waals surface area contributed by atoms with E-state index in [1.54, 1.807) is 6.07 Å². The van der Waals surface area contributed by atoms with Crippen LogP contribution in [0, 0.1) is 17.6 Å². The highest BCUT2D eigenvalue weighted by atomic mass is 19.1. The Morgan fingerprint density at radius 2 is 2.04 bits per heavy atom. The molecule has 3 rings (SSSR count). The van der Waals surface area contributed by atoms with Crippen molar-refractivity contribution < 1.29 is 13.6 Å². The quantitative estimate of drug-likeness (QED) is 0.937. The number of para-hydroxylation sites is 1. The summed E-state index contributed by atoms with van der Waals surface area (Å²) in [6.45, 7) is 3.90. The Balaban J connectivity index is 1.79. The fraction of sp³-hybridized carbons (Fsp3) is 0.353. The van der Waals surface area contributed by atoms with Gasteiger partial charge in [0.2, 0.25) is 0 Å². The molecular formula is C17H18F2N4O. The van der Waals surface area contributed by atoms with Crippen molar-refractivity contribution >= 4 is 17.4 Å². The molecule has 5 nitrogen and oxygen atoms in total. The molecular weight excluding hydrogens is 314 g/mol. The van der Waals surface area contributed by atoms with Crippen LogP contribution < -0.4 is 10.2 Å². The lowest BCUT2D eigenvalue weighted by Gasteiger charge is -2.31. The monoisotopic (exact) mass is 332 g/mol. The average Bonchev–Trinajstić information content (AvgIpc) is 2.58. The zero-order valence-corrected chi connectivity index (χ0v) is 13.3. The van der Waals surface area contributed by atoms with Crippen molar-refractivity contribution in [2.45, 2.75) is 19.8 Å². The number of rotatable bonds is 3. The SMILES string of the molecule is CC1CCCN(c2cc(C(=O)Nc3c(F)cccc3F)ncn2)C1. The summed E-state index contributed by atoms with van der Waals surface area (Å²) >= 11 is 0. The minimum absolute atomic E-state index is 0.0703. The minimum Gasteiger partial charge on any atom is -0.356 e. The molecule has 1 unspecified atom stereocenters. The van der Waals surface area contributed by atoms with Gasteiger partial charge in [0.25, 0.3) is 5.91 Å². The summed E-state index contributed by atoms with van der Waals surface area (Å²) in [5, 5.41) is 2.24. The number of hydrogen-bond donors (Lipinski definition) is 1. The van der Waals surface area contributed by atoms with Crippen LogP contribution in [0.1, 0.15) is 30.3 Å². The predicted octanol–water partition coefficient (Wildman–Crippen LogP) is 3.24. The summed E-state index contributed by atoms with van der Waals surface area (Å²) in [5.74, 6) is -1.13. The molecule has 1 fully saturated rings. The number of piperidine rings is 1. The number of benzene rings is 1. The zero-order valence-electron chi connectivity index (χ0n) is 13.3. The molecule has 24 heavy (non-hydrogen) atoms. The van der Waals surface area contributed by atoms with E-state index in [2.05, 4.69) is 27.1 Å². The molecule has 1 saturated heterocycles. The standard InChI is InChI=1S/C17H18F2N4O/c1-11-4-3-7-23(9-11)15-8-14(20-10-21-15)17(24)22-16-12(18)5-2-6-13(16)19/h2,5-6,8,10-11H,3-4,7,9H2,1H3,(H,22,24). The van der Waals surface area contributed by atoms with Crippen LogP contribution in [0.5, 0.6) is 0 Å². The van der Waals surface area contributed by atoms with E-state index in [1.165, 1.54) is 18.8 Å². The lowest BCUT2D eigenvalue weighted by atomic mass is 10.0. The number of carbonyl (C=O) groups excluding carboxylic acids is 1. The van der Waals surface area contributed by atoms with E-state index < -0.39 is 23.2 Å². The van der Waals surface area contributed by atoms with Crippen LogP contribution >= 0.6 is 0 Å². The second-order valence-electron chi connectivity index (χ2n) is 6.01. The van der Waals surface area contributed by atoms with Gasteiger partial charge in [0, 0.05) is 19.2 Å². The van der Waals surface area contributed by atoms with E-state index in [9.17, 15) is 13.6 Å². The highest BCUT2D eigenvalue weighted by Crippen LogP contribution is 2.22. The van der Waals surface area contributed by atoms with E-state index in [-0.39, 0.29) is 5.69 Å². The number of anilines is 2. The predicted molar refractivity (Wildman–Crippen MR) is 87.0 cm³/mol. The molecule has 0 aliphatic carbocycles. The fourth-order valence-corrected chi connectivity index (χ4v) is 2.84. The molecule has 1 aromatic heterocycles. The molecule has 0 bridgehead atoms. The summed E-state index contributed by atoms with van der Waals surface area (Å²) < 4.78 is 27.3. The number of carbonyl (C=O) groups is 1. The molecule has 2 heterocycles. The Labute approximate surface area is 138 Å². The van der Waals surface area contributed by atoms with Crippen molar-refractivity contribution in [2.75, 3.05) is 23.3 Å². The number of hydrogen-bond acceptors (Lipinski definition) is 4. The highest BCUT2D eigenvalue weighted by Gasteiger charge is 2.20. The molecule has 1 atom stereocenters. The van der Waals surface area contributed by atoms with Gasteiger partial charge in [0.1, 0.15) is 35.2 Å². The van der Waals surface area contributed by atoms with Crippen molar-refractivity contribution in [3.63, 3.8) is 0 Å². The molecule has 2 aromatic rings. The smallest absolute Gasteiger partial charge is 0.274 e. The fourth-order valence-electron chi connectivity index (χ4n) is 2.84. The van der Waals surface area contributed by atoms with Gasteiger partial charge in [-0.25, -0.2) is 18.7 Å². The van der Waals surface area contributed by atoms with E-state index in [0.29, 0.717) is 11.7 Å². The van der Waals surface area contributed by atoms with Gasteiger partial charge in [0.05, 0.1) is 0 Å². The van der Waals surface area contributed by atoms with Crippen LogP contribution in [-0.4, -0.2) is 29.0 Å². The first-order valence-electron chi connectivity index (χ1n) is 7.87. The summed E-state index contributed by atoms with van der Waals surface area (Å²) in [6.07, 6.45) is 3.52. The average molecular weight is 332 g/mol. The molecule has 1 aliphatic heterocycles. The third-order valence-corrected chi connectivity index (χ3v) is 4.07. The summed E-state index contributed by atoms with van der Waals surface area (Å²) in [5.41, 5.74) is -0.407. The molecule has 1 aromatic carbocycles. The maximum Gasteiger partial charge on any atom is 0.274 e. The van der Waals surface area contributed by atoms with Crippen LogP contribution in [0.3, 0.4) is 0 Å². The van der Waals surface area contributed by atoms with Gasteiger partial charge >= 0.3 is 0 Å². The van der Waals surface area contributed by atoms with Crippen molar-refractivity contribution in [3.8, 4) is 0 Å². The first-order chi connectivity index (χ1) is 11.5. The summed E-state index contributed by atoms with van der Waals surface area (Å²) in [7, 11) is 0. The normalized spacial score (nSPS) is 17.6. The maximum absolute atomic E-state index is 13.6.